The van der Waals surface area contributed by atoms with Gasteiger partial charge in [-0.3, -0.25) is 4.68 Å². The van der Waals surface area contributed by atoms with E-state index in [9.17, 15) is 10.2 Å². The second-order valence-electron chi connectivity index (χ2n) is 3.37. The maximum Gasteiger partial charge on any atom is 0.168 e. The third-order valence-corrected chi connectivity index (χ3v) is 2.94. The molecule has 2 rings (SSSR count). The zero-order valence-electron chi connectivity index (χ0n) is 8.48. The normalized spacial score (nSPS) is 10.6. The minimum atomic E-state index is -0.215. The molecular weight excluding hydrogens is 274 g/mol. The Morgan fingerprint density at radius 2 is 2.06 bits per heavy atom. The van der Waals surface area contributed by atoms with E-state index in [0.717, 1.165) is 0 Å². The molecule has 0 saturated carbocycles. The monoisotopic (exact) mass is 283 g/mol. The van der Waals surface area contributed by atoms with Crippen molar-refractivity contribution in [3.8, 4) is 22.8 Å². The van der Waals surface area contributed by atoms with Crippen LogP contribution >= 0.6 is 15.9 Å². The van der Waals surface area contributed by atoms with Crippen molar-refractivity contribution in [2.75, 3.05) is 5.73 Å². The fourth-order valence-corrected chi connectivity index (χ4v) is 1.93. The topological polar surface area (TPSA) is 84.3 Å². The number of benzene rings is 1. The van der Waals surface area contributed by atoms with Crippen LogP contribution in [0.25, 0.3) is 11.3 Å². The van der Waals surface area contributed by atoms with Gasteiger partial charge in [0, 0.05) is 17.6 Å². The number of hydrogen-bond acceptors (Lipinski definition) is 4. The first kappa shape index (κ1) is 10.8. The molecule has 4 N–H and O–H groups in total. The van der Waals surface area contributed by atoms with E-state index >= 15 is 0 Å². The molecule has 0 bridgehead atoms. The number of halogens is 1. The Bertz CT molecular complexity index is 532. The van der Waals surface area contributed by atoms with Crippen LogP contribution in [0.1, 0.15) is 0 Å². The lowest BCUT2D eigenvalue weighted by Crippen LogP contribution is -1.96. The number of nitrogens with two attached hydrogens (primary N) is 1. The van der Waals surface area contributed by atoms with Crippen molar-refractivity contribution >= 4 is 21.7 Å². The first-order valence-corrected chi connectivity index (χ1v) is 5.30. The van der Waals surface area contributed by atoms with Crippen LogP contribution in [0.5, 0.6) is 11.5 Å². The molecule has 0 saturated heterocycles. The summed E-state index contributed by atoms with van der Waals surface area (Å²) in [6.07, 6.45) is 0. The SMILES string of the molecule is Cn1nc(-c2c(Br)ccc(O)c2O)cc1N. The lowest BCUT2D eigenvalue weighted by molar-refractivity contribution is 0.404. The molecule has 0 spiro atoms. The van der Waals surface area contributed by atoms with Gasteiger partial charge in [-0.1, -0.05) is 0 Å². The van der Waals surface area contributed by atoms with Gasteiger partial charge in [-0.15, -0.1) is 0 Å². The van der Waals surface area contributed by atoms with Crippen molar-refractivity contribution < 1.29 is 10.2 Å². The van der Waals surface area contributed by atoms with Crippen LogP contribution in [0.3, 0.4) is 0 Å². The number of nitrogens with zero attached hydrogens (tertiary/aromatic N) is 2. The van der Waals surface area contributed by atoms with Gasteiger partial charge in [0.2, 0.25) is 0 Å². The molecule has 2 aromatic rings. The van der Waals surface area contributed by atoms with Gasteiger partial charge in [-0.05, 0) is 28.1 Å². The summed E-state index contributed by atoms with van der Waals surface area (Å²) in [4.78, 5) is 0. The molecular formula is C10H10BrN3O2. The number of nitrogen functional groups attached to an aromatic ring is 1. The summed E-state index contributed by atoms with van der Waals surface area (Å²) in [6, 6.07) is 4.66. The molecule has 0 unspecified atom stereocenters. The molecule has 1 heterocycles. The molecule has 1 aromatic heterocycles. The first-order chi connectivity index (χ1) is 7.50. The average Bonchev–Trinajstić information content (AvgIpc) is 2.54. The molecule has 0 aliphatic carbocycles. The summed E-state index contributed by atoms with van der Waals surface area (Å²) in [5, 5.41) is 23.3. The number of aromatic nitrogens is 2. The third-order valence-electron chi connectivity index (χ3n) is 2.28. The van der Waals surface area contributed by atoms with Crippen molar-refractivity contribution in [2.45, 2.75) is 0 Å². The fourth-order valence-electron chi connectivity index (χ4n) is 1.40. The smallest absolute Gasteiger partial charge is 0.168 e. The molecule has 0 amide bonds. The van der Waals surface area contributed by atoms with E-state index in [1.807, 2.05) is 0 Å². The van der Waals surface area contributed by atoms with E-state index in [0.29, 0.717) is 21.5 Å². The molecule has 1 aromatic carbocycles. The Morgan fingerprint density at radius 3 is 2.62 bits per heavy atom. The summed E-state index contributed by atoms with van der Waals surface area (Å²) in [5.41, 5.74) is 6.58. The summed E-state index contributed by atoms with van der Waals surface area (Å²) in [7, 11) is 1.70. The van der Waals surface area contributed by atoms with Crippen LogP contribution in [-0.2, 0) is 7.05 Å². The summed E-state index contributed by atoms with van der Waals surface area (Å²) in [6.45, 7) is 0. The van der Waals surface area contributed by atoms with Gasteiger partial charge in [-0.25, -0.2) is 0 Å². The number of aromatic hydroxyl groups is 2. The Labute approximate surface area is 100 Å². The average molecular weight is 284 g/mol. The lowest BCUT2D eigenvalue weighted by atomic mass is 10.1. The summed E-state index contributed by atoms with van der Waals surface area (Å²) in [5.74, 6) is 0.0690. The molecule has 0 atom stereocenters. The van der Waals surface area contributed by atoms with Crippen molar-refractivity contribution in [2.24, 2.45) is 7.05 Å². The van der Waals surface area contributed by atoms with E-state index in [2.05, 4.69) is 21.0 Å². The molecule has 0 aliphatic rings. The van der Waals surface area contributed by atoms with Gasteiger partial charge >= 0.3 is 0 Å². The number of phenols is 2. The van der Waals surface area contributed by atoms with Crippen LogP contribution < -0.4 is 5.73 Å². The van der Waals surface area contributed by atoms with Gasteiger partial charge in [0.1, 0.15) is 5.82 Å². The minimum Gasteiger partial charge on any atom is -0.504 e. The van der Waals surface area contributed by atoms with Gasteiger partial charge in [0.05, 0.1) is 11.3 Å². The number of phenolic OH excluding ortho intramolecular Hbond substituents is 2. The molecule has 5 nitrogen and oxygen atoms in total. The van der Waals surface area contributed by atoms with Gasteiger partial charge in [-0.2, -0.15) is 5.10 Å². The molecule has 0 radical (unpaired) electrons. The van der Waals surface area contributed by atoms with E-state index in [1.54, 1.807) is 19.2 Å². The van der Waals surface area contributed by atoms with Crippen molar-refractivity contribution in [3.63, 3.8) is 0 Å². The molecule has 84 valence electrons. The molecule has 16 heavy (non-hydrogen) atoms. The quantitative estimate of drug-likeness (QED) is 0.698. The van der Waals surface area contributed by atoms with Gasteiger partial charge < -0.3 is 15.9 Å². The van der Waals surface area contributed by atoms with Crippen LogP contribution in [-0.4, -0.2) is 20.0 Å². The fraction of sp³-hybridized carbons (Fsp3) is 0.100. The van der Waals surface area contributed by atoms with E-state index in [-0.39, 0.29) is 11.5 Å². The number of hydrogen-bond donors (Lipinski definition) is 3. The third kappa shape index (κ3) is 1.61. The van der Waals surface area contributed by atoms with Crippen LogP contribution in [0, 0.1) is 0 Å². The molecule has 0 fully saturated rings. The van der Waals surface area contributed by atoms with Crippen molar-refractivity contribution in [3.05, 3.63) is 22.7 Å². The second-order valence-corrected chi connectivity index (χ2v) is 4.22. The highest BCUT2D eigenvalue weighted by molar-refractivity contribution is 9.10. The predicted molar refractivity (Wildman–Crippen MR) is 64.1 cm³/mol. The number of rotatable bonds is 1. The van der Waals surface area contributed by atoms with Crippen LogP contribution in [0.4, 0.5) is 5.82 Å². The van der Waals surface area contributed by atoms with Crippen LogP contribution in [0.2, 0.25) is 0 Å². The lowest BCUT2D eigenvalue weighted by Gasteiger charge is -2.05. The highest BCUT2D eigenvalue weighted by atomic mass is 79.9. The number of anilines is 1. The maximum absolute atomic E-state index is 9.76. The first-order valence-electron chi connectivity index (χ1n) is 4.51. The molecule has 0 aliphatic heterocycles. The summed E-state index contributed by atoms with van der Waals surface area (Å²) >= 11 is 3.29. The largest absolute Gasteiger partial charge is 0.504 e. The Kier molecular flexibility index (Phi) is 2.51. The highest BCUT2D eigenvalue weighted by Crippen LogP contribution is 2.41. The van der Waals surface area contributed by atoms with E-state index in [4.69, 9.17) is 5.73 Å². The second kappa shape index (κ2) is 3.71. The Balaban J connectivity index is 2.68. The van der Waals surface area contributed by atoms with Gasteiger partial charge in [0.25, 0.3) is 0 Å². The summed E-state index contributed by atoms with van der Waals surface area (Å²) < 4.78 is 2.13. The van der Waals surface area contributed by atoms with Crippen molar-refractivity contribution in [1.29, 1.82) is 0 Å². The zero-order valence-corrected chi connectivity index (χ0v) is 10.1. The standard InChI is InChI=1S/C10H10BrN3O2/c1-14-8(12)4-6(13-14)9-5(11)2-3-7(15)10(9)16/h2-4,15-16H,12H2,1H3. The zero-order chi connectivity index (χ0) is 11.9. The van der Waals surface area contributed by atoms with Gasteiger partial charge in [0.15, 0.2) is 11.5 Å². The Morgan fingerprint density at radius 1 is 1.38 bits per heavy atom. The van der Waals surface area contributed by atoms with Crippen molar-refractivity contribution in [1.82, 2.24) is 9.78 Å². The predicted octanol–water partition coefficient (Wildman–Crippen LogP) is 1.84. The maximum atomic E-state index is 9.76. The minimum absolute atomic E-state index is 0.192. The molecule has 6 heteroatoms. The number of aryl methyl sites for hydroxylation is 1. The van der Waals surface area contributed by atoms with E-state index < -0.39 is 0 Å². The highest BCUT2D eigenvalue weighted by Gasteiger charge is 2.16. The van der Waals surface area contributed by atoms with E-state index in [1.165, 1.54) is 10.7 Å². The Hall–Kier alpha value is -1.69. The van der Waals surface area contributed by atoms with Crippen LogP contribution in [0.15, 0.2) is 22.7 Å².